The molecule has 2 aromatic heterocycles. The lowest BCUT2D eigenvalue weighted by Crippen LogP contribution is -2.24. The lowest BCUT2D eigenvalue weighted by molar-refractivity contribution is 0.0955. The molecule has 1 aliphatic rings. The van der Waals surface area contributed by atoms with Crippen LogP contribution in [0, 0.1) is 0 Å². The molecule has 1 unspecified atom stereocenters. The van der Waals surface area contributed by atoms with Crippen LogP contribution in [0.1, 0.15) is 59.5 Å². The highest BCUT2D eigenvalue weighted by molar-refractivity contribution is 5.97. The molecule has 7 nitrogen and oxygen atoms in total. The second-order valence-corrected chi connectivity index (χ2v) is 8.62. The predicted octanol–water partition coefficient (Wildman–Crippen LogP) is 4.84. The maximum Gasteiger partial charge on any atom is 0.185 e. The van der Waals surface area contributed by atoms with Crippen LogP contribution in [0.2, 0.25) is 0 Å². The van der Waals surface area contributed by atoms with E-state index in [0.717, 1.165) is 39.6 Å². The van der Waals surface area contributed by atoms with Gasteiger partial charge in [0.25, 0.3) is 0 Å². The lowest BCUT2D eigenvalue weighted by atomic mass is 9.83. The van der Waals surface area contributed by atoms with Crippen molar-refractivity contribution in [2.24, 2.45) is 0 Å². The second kappa shape index (κ2) is 8.31. The highest BCUT2D eigenvalue weighted by Crippen LogP contribution is 2.40. The van der Waals surface area contributed by atoms with Crippen molar-refractivity contribution in [2.75, 3.05) is 14.2 Å². The molecule has 168 valence electrons. The van der Waals surface area contributed by atoms with Crippen molar-refractivity contribution < 1.29 is 14.3 Å². The smallest absolute Gasteiger partial charge is 0.185 e. The van der Waals surface area contributed by atoms with Gasteiger partial charge in [0.1, 0.15) is 11.5 Å². The van der Waals surface area contributed by atoms with Crippen LogP contribution < -0.4 is 9.47 Å². The van der Waals surface area contributed by atoms with Gasteiger partial charge in [0, 0.05) is 17.9 Å². The van der Waals surface area contributed by atoms with E-state index >= 15 is 0 Å². The van der Waals surface area contributed by atoms with E-state index in [9.17, 15) is 4.79 Å². The van der Waals surface area contributed by atoms with E-state index in [1.165, 1.54) is 0 Å². The number of para-hydroxylation sites is 2. The first-order chi connectivity index (χ1) is 16.0. The van der Waals surface area contributed by atoms with Crippen LogP contribution in [0.25, 0.3) is 16.8 Å². The Kier molecular flexibility index (Phi) is 5.32. The summed E-state index contributed by atoms with van der Waals surface area (Å²) in [4.78, 5) is 13.1. The average molecular weight is 443 g/mol. The van der Waals surface area contributed by atoms with E-state index in [2.05, 4.69) is 24.0 Å². The number of hydrogen-bond donors (Lipinski definition) is 0. The number of rotatable bonds is 5. The Morgan fingerprint density at radius 2 is 1.64 bits per heavy atom. The van der Waals surface area contributed by atoms with Gasteiger partial charge in [-0.25, -0.2) is 4.52 Å². The van der Waals surface area contributed by atoms with Crippen LogP contribution >= 0.6 is 0 Å². The van der Waals surface area contributed by atoms with Gasteiger partial charge in [-0.2, -0.15) is 5.10 Å². The van der Waals surface area contributed by atoms with Crippen LogP contribution in [0.5, 0.6) is 11.5 Å². The van der Waals surface area contributed by atoms with Crippen molar-refractivity contribution in [1.82, 2.24) is 19.8 Å². The molecule has 0 fully saturated rings. The standard InChI is InChI=1S/C26H26N4O3/c1-15(2)24-23(18-10-6-8-12-22(18)33-4)26-28-27-25-19(30(26)29-24)13-16(14-20(25)31)17-9-5-7-11-21(17)32-3/h5-12,15-16H,13-14H2,1-4H3. The molecule has 2 heterocycles. The Hall–Kier alpha value is -3.74. The summed E-state index contributed by atoms with van der Waals surface area (Å²) in [5.74, 6) is 1.63. The van der Waals surface area contributed by atoms with Crippen molar-refractivity contribution in [1.29, 1.82) is 0 Å². The minimum absolute atomic E-state index is 0.0186. The molecule has 0 N–H and O–H groups in total. The summed E-state index contributed by atoms with van der Waals surface area (Å²) in [6.45, 7) is 4.20. The fourth-order valence-electron chi connectivity index (χ4n) is 4.72. The van der Waals surface area contributed by atoms with Crippen molar-refractivity contribution >= 4 is 11.4 Å². The third-order valence-electron chi connectivity index (χ3n) is 6.30. The number of Topliss-reactive ketones (excluding diaryl/α,β-unsaturated/α-hetero) is 1. The topological polar surface area (TPSA) is 78.6 Å². The van der Waals surface area contributed by atoms with Crippen molar-refractivity contribution in [3.05, 3.63) is 71.2 Å². The van der Waals surface area contributed by atoms with Gasteiger partial charge in [0.15, 0.2) is 17.1 Å². The first-order valence-electron chi connectivity index (χ1n) is 11.1. The lowest BCUT2D eigenvalue weighted by Gasteiger charge is -2.24. The van der Waals surface area contributed by atoms with Gasteiger partial charge in [0.05, 0.1) is 31.2 Å². The predicted molar refractivity (Wildman–Crippen MR) is 125 cm³/mol. The molecular weight excluding hydrogens is 416 g/mol. The third kappa shape index (κ3) is 3.44. The molecule has 7 heteroatoms. The summed E-state index contributed by atoms with van der Waals surface area (Å²) in [6, 6.07) is 15.7. The molecule has 5 rings (SSSR count). The van der Waals surface area contributed by atoms with Gasteiger partial charge in [-0.1, -0.05) is 50.2 Å². The normalized spacial score (nSPS) is 15.7. The van der Waals surface area contributed by atoms with Crippen molar-refractivity contribution in [3.63, 3.8) is 0 Å². The molecule has 0 radical (unpaired) electrons. The monoisotopic (exact) mass is 442 g/mol. The van der Waals surface area contributed by atoms with Gasteiger partial charge in [0.2, 0.25) is 0 Å². The minimum atomic E-state index is -0.0259. The average Bonchev–Trinajstić information content (AvgIpc) is 3.24. The summed E-state index contributed by atoms with van der Waals surface area (Å²) >= 11 is 0. The number of fused-ring (bicyclic) bond motifs is 3. The third-order valence-corrected chi connectivity index (χ3v) is 6.30. The fourth-order valence-corrected chi connectivity index (χ4v) is 4.72. The van der Waals surface area contributed by atoms with E-state index in [4.69, 9.17) is 14.6 Å². The number of benzene rings is 2. The van der Waals surface area contributed by atoms with Gasteiger partial charge >= 0.3 is 0 Å². The Morgan fingerprint density at radius 1 is 0.939 bits per heavy atom. The number of methoxy groups -OCH3 is 2. The number of hydrogen-bond acceptors (Lipinski definition) is 6. The largest absolute Gasteiger partial charge is 0.496 e. The number of ether oxygens (including phenoxy) is 2. The van der Waals surface area contributed by atoms with E-state index in [1.54, 1.807) is 14.2 Å². The van der Waals surface area contributed by atoms with Crippen LogP contribution in [-0.2, 0) is 6.42 Å². The van der Waals surface area contributed by atoms with Crippen molar-refractivity contribution in [3.8, 4) is 22.6 Å². The SMILES string of the molecule is COc1ccccc1-c1c(C(C)C)nn2c3c(nnc12)C(=O)CC(c1ccccc1OC)C3. The quantitative estimate of drug-likeness (QED) is 0.440. The minimum Gasteiger partial charge on any atom is -0.496 e. The van der Waals surface area contributed by atoms with Crippen molar-refractivity contribution in [2.45, 2.75) is 38.5 Å². The molecule has 2 aromatic carbocycles. The number of carbonyl (C=O) groups excluding carboxylic acids is 1. The molecule has 0 amide bonds. The van der Waals surface area contributed by atoms with Crippen LogP contribution in [0.3, 0.4) is 0 Å². The van der Waals surface area contributed by atoms with Crippen LogP contribution in [0.15, 0.2) is 48.5 Å². The second-order valence-electron chi connectivity index (χ2n) is 8.62. The highest BCUT2D eigenvalue weighted by atomic mass is 16.5. The van der Waals surface area contributed by atoms with E-state index in [0.29, 0.717) is 24.2 Å². The molecule has 0 bridgehead atoms. The maximum absolute atomic E-state index is 13.1. The van der Waals surface area contributed by atoms with E-state index in [-0.39, 0.29) is 17.6 Å². The first-order valence-corrected chi connectivity index (χ1v) is 11.1. The zero-order valence-corrected chi connectivity index (χ0v) is 19.2. The van der Waals surface area contributed by atoms with Crippen LogP contribution in [0.4, 0.5) is 0 Å². The summed E-state index contributed by atoms with van der Waals surface area (Å²) < 4.78 is 13.0. The molecule has 4 aromatic rings. The molecule has 1 atom stereocenters. The summed E-state index contributed by atoms with van der Waals surface area (Å²) in [7, 11) is 3.31. The molecule has 0 aliphatic heterocycles. The molecule has 0 saturated carbocycles. The first kappa shape index (κ1) is 21.1. The number of aromatic nitrogens is 4. The Balaban J connectivity index is 1.72. The van der Waals surface area contributed by atoms with Gasteiger partial charge < -0.3 is 9.47 Å². The Labute approximate surface area is 192 Å². The molecule has 0 saturated heterocycles. The summed E-state index contributed by atoms with van der Waals surface area (Å²) in [5.41, 5.74) is 5.55. The Morgan fingerprint density at radius 3 is 2.36 bits per heavy atom. The van der Waals surface area contributed by atoms with Gasteiger partial charge in [-0.05, 0) is 30.0 Å². The fraction of sp³-hybridized carbons (Fsp3) is 0.308. The molecule has 1 aliphatic carbocycles. The molecule has 0 spiro atoms. The Bertz CT molecular complexity index is 1360. The summed E-state index contributed by atoms with van der Waals surface area (Å²) in [6.07, 6.45) is 0.989. The van der Waals surface area contributed by atoms with E-state index < -0.39 is 0 Å². The van der Waals surface area contributed by atoms with E-state index in [1.807, 2.05) is 53.0 Å². The number of ketones is 1. The molecule has 33 heavy (non-hydrogen) atoms. The summed E-state index contributed by atoms with van der Waals surface area (Å²) in [5, 5.41) is 13.8. The van der Waals surface area contributed by atoms with Gasteiger partial charge in [-0.15, -0.1) is 10.2 Å². The molecular formula is C26H26N4O3. The van der Waals surface area contributed by atoms with Gasteiger partial charge in [-0.3, -0.25) is 4.79 Å². The number of carbonyl (C=O) groups is 1. The number of nitrogens with zero attached hydrogens (tertiary/aromatic N) is 4. The maximum atomic E-state index is 13.1. The van der Waals surface area contributed by atoms with Crippen LogP contribution in [-0.4, -0.2) is 39.8 Å². The zero-order chi connectivity index (χ0) is 23.1. The zero-order valence-electron chi connectivity index (χ0n) is 19.2. The highest BCUT2D eigenvalue weighted by Gasteiger charge is 2.33.